The van der Waals surface area contributed by atoms with E-state index in [9.17, 15) is 66.5 Å². The van der Waals surface area contributed by atoms with Crippen LogP contribution in [-0.2, 0) is 29.2 Å². The highest BCUT2D eigenvalue weighted by Crippen LogP contribution is 2.42. The van der Waals surface area contributed by atoms with Crippen LogP contribution in [0.1, 0.15) is 38.5 Å². The normalized spacial score (nSPS) is 17.8. The number of amides is 1. The van der Waals surface area contributed by atoms with Gasteiger partial charge in [0.2, 0.25) is 0 Å². The van der Waals surface area contributed by atoms with E-state index >= 15 is 0 Å². The minimum atomic E-state index is -6.82. The van der Waals surface area contributed by atoms with Gasteiger partial charge < -0.3 is 18.9 Å². The Kier molecular flexibility index (Phi) is 10.0. The van der Waals surface area contributed by atoms with Crippen molar-refractivity contribution in [2.75, 3.05) is 19.7 Å². The third-order valence-corrected chi connectivity index (χ3v) is 5.98. The summed E-state index contributed by atoms with van der Waals surface area (Å²) in [5.41, 5.74) is -2.43. The van der Waals surface area contributed by atoms with Crippen molar-refractivity contribution in [3.8, 4) is 0 Å². The summed E-state index contributed by atoms with van der Waals surface area (Å²) < 4.78 is 173. The molecule has 0 aromatic rings. The van der Waals surface area contributed by atoms with Gasteiger partial charge in [0, 0.05) is 19.5 Å². The fraction of sp³-hybridized carbons (Fsp3) is 0.778. The summed E-state index contributed by atoms with van der Waals surface area (Å²) in [5, 5.41) is -6.06. The van der Waals surface area contributed by atoms with Crippen LogP contribution < -0.4 is 0 Å². The fourth-order valence-electron chi connectivity index (χ4n) is 3.00. The molecule has 216 valence electrons. The zero-order chi connectivity index (χ0) is 29.1. The highest BCUT2D eigenvalue weighted by atomic mass is 32.2. The van der Waals surface area contributed by atoms with Crippen molar-refractivity contribution >= 4 is 22.0 Å². The summed E-state index contributed by atoms with van der Waals surface area (Å²) in [6.45, 7) is 0.144. The number of likely N-dealkylation sites (tertiary alicyclic amines) is 1. The molecule has 1 aliphatic heterocycles. The molecule has 37 heavy (non-hydrogen) atoms. The minimum absolute atomic E-state index is 0.175. The number of esters is 1. The van der Waals surface area contributed by atoms with Gasteiger partial charge in [-0.1, -0.05) is 6.58 Å². The number of hydrogen-bond donors (Lipinski definition) is 0. The molecule has 1 fully saturated rings. The zero-order valence-electron chi connectivity index (χ0n) is 18.6. The van der Waals surface area contributed by atoms with E-state index in [2.05, 4.69) is 16.1 Å². The molecule has 1 unspecified atom stereocenters. The van der Waals surface area contributed by atoms with Crippen LogP contribution in [0.4, 0.5) is 43.9 Å². The minimum Gasteiger partial charge on any atom is -0.743 e. The van der Waals surface area contributed by atoms with Crippen LogP contribution in [0.25, 0.3) is 0 Å². The van der Waals surface area contributed by atoms with E-state index in [4.69, 9.17) is 0 Å². The summed E-state index contributed by atoms with van der Waals surface area (Å²) in [4.78, 5) is 25.0. The maximum absolute atomic E-state index is 14.0. The second-order valence-electron chi connectivity index (χ2n) is 7.81. The Morgan fingerprint density at radius 3 is 1.84 bits per heavy atom. The Hall–Kier alpha value is -2.15. The van der Waals surface area contributed by atoms with Crippen molar-refractivity contribution in [2.45, 2.75) is 67.8 Å². The van der Waals surface area contributed by atoms with Gasteiger partial charge in [-0.15, -0.1) is 0 Å². The van der Waals surface area contributed by atoms with Crippen molar-refractivity contribution in [3.05, 3.63) is 12.2 Å². The van der Waals surface area contributed by atoms with Gasteiger partial charge in [0.15, 0.2) is 10.1 Å². The molecule has 0 radical (unpaired) electrons. The van der Waals surface area contributed by atoms with Crippen molar-refractivity contribution in [1.29, 1.82) is 0 Å². The molecule has 1 rings (SSSR count). The summed E-state index contributed by atoms with van der Waals surface area (Å²) in [6.07, 6.45) is -15.1. The van der Waals surface area contributed by atoms with E-state index in [1.165, 1.54) is 0 Å². The smallest absolute Gasteiger partial charge is 0.466 e. The van der Waals surface area contributed by atoms with Gasteiger partial charge in [-0.2, -0.15) is 43.9 Å². The van der Waals surface area contributed by atoms with E-state index in [1.54, 1.807) is 0 Å². The molecule has 1 heterocycles. The van der Waals surface area contributed by atoms with Crippen LogP contribution in [0, 0.1) is 0 Å². The number of alkyl halides is 10. The second kappa shape index (κ2) is 11.3. The SMILES string of the molecule is C=C(C(=O)OC(OCCCCC(F)(F)C(F)(F)S(=O)(=O)[O-])(C(=O)N1CCCCC1)C(F)(F)F)C(F)(F)F. The van der Waals surface area contributed by atoms with Gasteiger partial charge in [-0.05, 0) is 32.1 Å². The van der Waals surface area contributed by atoms with E-state index in [1.807, 2.05) is 0 Å². The number of rotatable bonds is 11. The lowest BCUT2D eigenvalue weighted by Crippen LogP contribution is -2.63. The molecule has 0 bridgehead atoms. The first-order chi connectivity index (χ1) is 16.5. The predicted octanol–water partition coefficient (Wildman–Crippen LogP) is 3.88. The first-order valence-corrected chi connectivity index (χ1v) is 11.6. The first kappa shape index (κ1) is 32.9. The van der Waals surface area contributed by atoms with Crippen molar-refractivity contribution in [3.63, 3.8) is 0 Å². The molecule has 19 heteroatoms. The number of halogens is 10. The van der Waals surface area contributed by atoms with E-state index in [0.29, 0.717) is 11.3 Å². The average Bonchev–Trinajstić information content (AvgIpc) is 2.75. The van der Waals surface area contributed by atoms with E-state index in [-0.39, 0.29) is 25.9 Å². The van der Waals surface area contributed by atoms with Crippen LogP contribution in [0.5, 0.6) is 0 Å². The van der Waals surface area contributed by atoms with E-state index < -0.39 is 82.8 Å². The summed E-state index contributed by atoms with van der Waals surface area (Å²) in [5.74, 6) is -15.0. The molecular formula is C18H20F10NO7S-. The third kappa shape index (κ3) is 7.46. The average molecular weight is 584 g/mol. The van der Waals surface area contributed by atoms with E-state index in [0.717, 1.165) is 0 Å². The maximum atomic E-state index is 14.0. The Labute approximate surface area is 203 Å². The molecule has 8 nitrogen and oxygen atoms in total. The zero-order valence-corrected chi connectivity index (χ0v) is 19.4. The monoisotopic (exact) mass is 584 g/mol. The molecule has 1 atom stereocenters. The third-order valence-electron chi connectivity index (χ3n) is 5.05. The van der Waals surface area contributed by atoms with Crippen LogP contribution >= 0.6 is 0 Å². The number of piperidine rings is 1. The highest BCUT2D eigenvalue weighted by molar-refractivity contribution is 7.86. The van der Waals surface area contributed by atoms with Gasteiger partial charge in [0.1, 0.15) is 5.57 Å². The predicted molar refractivity (Wildman–Crippen MR) is 99.9 cm³/mol. The molecule has 1 amide bonds. The number of unbranched alkanes of at least 4 members (excludes halogenated alkanes) is 1. The number of nitrogens with zero attached hydrogens (tertiary/aromatic N) is 1. The quantitative estimate of drug-likeness (QED) is 0.0905. The molecule has 0 aromatic carbocycles. The summed E-state index contributed by atoms with van der Waals surface area (Å²) >= 11 is 0. The number of hydrogen-bond acceptors (Lipinski definition) is 7. The van der Waals surface area contributed by atoms with Crippen molar-refractivity contribution in [1.82, 2.24) is 4.90 Å². The first-order valence-electron chi connectivity index (χ1n) is 10.2. The second-order valence-corrected chi connectivity index (χ2v) is 9.23. The largest absolute Gasteiger partial charge is 0.743 e. The summed E-state index contributed by atoms with van der Waals surface area (Å²) in [6, 6.07) is 0. The highest BCUT2D eigenvalue weighted by Gasteiger charge is 2.68. The molecule has 0 aromatic heterocycles. The molecule has 1 saturated heterocycles. The van der Waals surface area contributed by atoms with Crippen LogP contribution in [0.2, 0.25) is 0 Å². The van der Waals surface area contributed by atoms with Gasteiger partial charge in [0.05, 0.1) is 6.61 Å². The Bertz CT molecular complexity index is 959. The standard InChI is InChI=1S/C18H21F10NO7S/c1-11(16(21,22)23)12(30)36-15(17(24,25)26,13(31)29-8-4-2-5-9-29)35-10-6-3-7-14(19,20)18(27,28)37(32,33)34/h1-10H2,(H,32,33,34)/p-1. The lowest BCUT2D eigenvalue weighted by Gasteiger charge is -2.38. The van der Waals surface area contributed by atoms with Gasteiger partial charge in [-0.25, -0.2) is 13.2 Å². The molecular weight excluding hydrogens is 564 g/mol. The Morgan fingerprint density at radius 2 is 1.41 bits per heavy atom. The fourth-order valence-corrected chi connectivity index (χ4v) is 3.47. The van der Waals surface area contributed by atoms with Crippen molar-refractivity contribution in [2.24, 2.45) is 0 Å². The Balaban J connectivity index is 3.17. The van der Waals surface area contributed by atoms with Crippen LogP contribution in [0.15, 0.2) is 12.2 Å². The number of ether oxygens (including phenoxy) is 2. The van der Waals surface area contributed by atoms with Gasteiger partial charge >= 0.3 is 41.2 Å². The summed E-state index contributed by atoms with van der Waals surface area (Å²) in [7, 11) is -6.82. The maximum Gasteiger partial charge on any atom is 0.466 e. The molecule has 0 aliphatic carbocycles. The molecule has 0 saturated carbocycles. The Morgan fingerprint density at radius 1 is 0.892 bits per heavy atom. The number of carbonyl (C=O) groups is 2. The molecule has 1 aliphatic rings. The molecule has 0 spiro atoms. The topological polar surface area (TPSA) is 113 Å². The number of carbonyl (C=O) groups excluding carboxylic acids is 2. The van der Waals surface area contributed by atoms with Crippen LogP contribution in [-0.4, -0.2) is 78.8 Å². The van der Waals surface area contributed by atoms with Crippen LogP contribution in [0.3, 0.4) is 0 Å². The van der Waals surface area contributed by atoms with Crippen molar-refractivity contribution < 1.29 is 75.9 Å². The lowest BCUT2D eigenvalue weighted by molar-refractivity contribution is -0.351. The van der Waals surface area contributed by atoms with Gasteiger partial charge in [-0.3, -0.25) is 4.79 Å². The molecule has 0 N–H and O–H groups in total. The lowest BCUT2D eigenvalue weighted by atomic mass is 10.1. The van der Waals surface area contributed by atoms with Gasteiger partial charge in [0.25, 0.3) is 0 Å².